The van der Waals surface area contributed by atoms with Gasteiger partial charge in [-0.3, -0.25) is 14.7 Å². The van der Waals surface area contributed by atoms with E-state index in [4.69, 9.17) is 4.74 Å². The summed E-state index contributed by atoms with van der Waals surface area (Å²) in [7, 11) is 1.64. The topological polar surface area (TPSA) is 66.5 Å². The van der Waals surface area contributed by atoms with Crippen molar-refractivity contribution in [3.05, 3.63) is 53.4 Å². The van der Waals surface area contributed by atoms with E-state index in [1.165, 1.54) is 18.3 Å². The highest BCUT2D eigenvalue weighted by Gasteiger charge is 2.29. The second-order valence-corrected chi connectivity index (χ2v) is 6.57. The lowest BCUT2D eigenvalue weighted by molar-refractivity contribution is 0.0693. The fraction of sp³-hybridized carbons (Fsp3) is 0.368. The maximum Gasteiger partial charge on any atom is 0.256 e. The predicted octanol–water partition coefficient (Wildman–Crippen LogP) is 2.47. The van der Waals surface area contributed by atoms with E-state index in [0.717, 1.165) is 18.3 Å². The third-order valence-electron chi connectivity index (χ3n) is 4.42. The van der Waals surface area contributed by atoms with Crippen LogP contribution in [-0.4, -0.2) is 55.2 Å². The number of ether oxygens (including phenoxy) is 1. The molecule has 1 saturated heterocycles. The second-order valence-electron chi connectivity index (χ2n) is 6.57. The summed E-state index contributed by atoms with van der Waals surface area (Å²) in [6, 6.07) is 4.56. The molecule has 0 bridgehead atoms. The van der Waals surface area contributed by atoms with Crippen molar-refractivity contribution in [3.8, 4) is 0 Å². The first-order valence-electron chi connectivity index (χ1n) is 8.66. The van der Waals surface area contributed by atoms with Gasteiger partial charge in [-0.05, 0) is 24.6 Å². The molecule has 0 unspecified atom stereocenters. The van der Waals surface area contributed by atoms with Crippen LogP contribution >= 0.6 is 0 Å². The molecule has 1 aliphatic heterocycles. The summed E-state index contributed by atoms with van der Waals surface area (Å²) in [6.45, 7) is 4.53. The Balaban J connectivity index is 1.71. The fourth-order valence-electron chi connectivity index (χ4n) is 2.95. The number of nitrogens with one attached hydrogen (secondary N) is 2. The lowest BCUT2D eigenvalue weighted by atomic mass is 10.1. The van der Waals surface area contributed by atoms with Crippen molar-refractivity contribution in [2.24, 2.45) is 0 Å². The molecule has 1 aliphatic rings. The first-order chi connectivity index (χ1) is 13.0. The van der Waals surface area contributed by atoms with E-state index in [-0.39, 0.29) is 23.0 Å². The fourth-order valence-corrected chi connectivity index (χ4v) is 2.95. The maximum absolute atomic E-state index is 14.3. The molecule has 0 spiro atoms. The van der Waals surface area contributed by atoms with Crippen LogP contribution in [0.2, 0.25) is 0 Å². The van der Waals surface area contributed by atoms with E-state index in [2.05, 4.69) is 20.5 Å². The SMILES string of the molecule is COCCN1CC(NC(=O)c2c(F)cncc2Nc2ccc(C)cc2F)C1. The Labute approximate surface area is 156 Å². The van der Waals surface area contributed by atoms with Crippen molar-refractivity contribution in [3.63, 3.8) is 0 Å². The highest BCUT2D eigenvalue weighted by atomic mass is 19.1. The number of aryl methyl sites for hydroxylation is 1. The molecule has 0 saturated carbocycles. The highest BCUT2D eigenvalue weighted by Crippen LogP contribution is 2.25. The summed E-state index contributed by atoms with van der Waals surface area (Å²) < 4.78 is 33.4. The summed E-state index contributed by atoms with van der Waals surface area (Å²) >= 11 is 0. The summed E-state index contributed by atoms with van der Waals surface area (Å²) in [6.07, 6.45) is 2.28. The smallest absolute Gasteiger partial charge is 0.256 e. The first kappa shape index (κ1) is 19.2. The number of pyridine rings is 1. The largest absolute Gasteiger partial charge is 0.383 e. The van der Waals surface area contributed by atoms with Gasteiger partial charge in [-0.15, -0.1) is 0 Å². The minimum absolute atomic E-state index is 0.0640. The Kier molecular flexibility index (Phi) is 5.98. The molecule has 0 radical (unpaired) electrons. The lowest BCUT2D eigenvalue weighted by Gasteiger charge is -2.39. The molecule has 2 aromatic rings. The van der Waals surface area contributed by atoms with Crippen LogP contribution in [-0.2, 0) is 4.74 Å². The Hall–Kier alpha value is -2.58. The van der Waals surface area contributed by atoms with Crippen molar-refractivity contribution in [1.29, 1.82) is 0 Å². The normalized spacial score (nSPS) is 14.7. The molecule has 2 heterocycles. The Morgan fingerprint density at radius 1 is 1.26 bits per heavy atom. The molecular weight excluding hydrogens is 354 g/mol. The number of nitrogens with zero attached hydrogens (tertiary/aromatic N) is 2. The minimum atomic E-state index is -0.763. The number of hydrogen-bond acceptors (Lipinski definition) is 5. The molecule has 1 aromatic heterocycles. The van der Waals surface area contributed by atoms with E-state index in [0.29, 0.717) is 19.7 Å². The Morgan fingerprint density at radius 2 is 2.04 bits per heavy atom. The van der Waals surface area contributed by atoms with Crippen molar-refractivity contribution in [2.75, 3.05) is 38.7 Å². The van der Waals surface area contributed by atoms with E-state index in [1.54, 1.807) is 20.1 Å². The van der Waals surface area contributed by atoms with Gasteiger partial charge in [0.2, 0.25) is 0 Å². The number of carbonyl (C=O) groups excluding carboxylic acids is 1. The third-order valence-corrected chi connectivity index (χ3v) is 4.42. The van der Waals surface area contributed by atoms with Crippen LogP contribution in [0.5, 0.6) is 0 Å². The number of carbonyl (C=O) groups is 1. The zero-order chi connectivity index (χ0) is 19.4. The Bertz CT molecular complexity index is 825. The summed E-state index contributed by atoms with van der Waals surface area (Å²) in [4.78, 5) is 18.5. The van der Waals surface area contributed by atoms with Gasteiger partial charge in [0.25, 0.3) is 5.91 Å². The first-order valence-corrected chi connectivity index (χ1v) is 8.66. The number of rotatable bonds is 7. The van der Waals surface area contributed by atoms with E-state index < -0.39 is 17.5 Å². The Morgan fingerprint density at radius 3 is 2.74 bits per heavy atom. The second kappa shape index (κ2) is 8.41. The minimum Gasteiger partial charge on any atom is -0.383 e. The average Bonchev–Trinajstić information content (AvgIpc) is 2.59. The van der Waals surface area contributed by atoms with E-state index >= 15 is 0 Å². The third kappa shape index (κ3) is 4.58. The van der Waals surface area contributed by atoms with Crippen LogP contribution in [0.3, 0.4) is 0 Å². The predicted molar refractivity (Wildman–Crippen MR) is 98.2 cm³/mol. The van der Waals surface area contributed by atoms with Gasteiger partial charge in [0.15, 0.2) is 5.82 Å². The number of anilines is 2. The summed E-state index contributed by atoms with van der Waals surface area (Å²) in [5, 5.41) is 5.58. The molecule has 144 valence electrons. The molecule has 6 nitrogen and oxygen atoms in total. The number of amides is 1. The van der Waals surface area contributed by atoms with Crippen molar-refractivity contribution < 1.29 is 18.3 Å². The van der Waals surface area contributed by atoms with Crippen molar-refractivity contribution in [1.82, 2.24) is 15.2 Å². The standard InChI is InChI=1S/C19H22F2N4O2/c1-12-3-4-16(14(20)7-12)24-17-9-22-8-15(21)18(17)19(26)23-13-10-25(11-13)5-6-27-2/h3-4,7-9,13,24H,5-6,10-11H2,1-2H3,(H,23,26). The number of aromatic nitrogens is 1. The van der Waals surface area contributed by atoms with Crippen LogP contribution in [0.25, 0.3) is 0 Å². The van der Waals surface area contributed by atoms with Crippen LogP contribution in [0.1, 0.15) is 15.9 Å². The molecule has 1 fully saturated rings. The van der Waals surface area contributed by atoms with Crippen LogP contribution < -0.4 is 10.6 Å². The van der Waals surface area contributed by atoms with Crippen molar-refractivity contribution in [2.45, 2.75) is 13.0 Å². The molecule has 3 rings (SSSR count). The lowest BCUT2D eigenvalue weighted by Crippen LogP contribution is -2.59. The van der Waals surface area contributed by atoms with Gasteiger partial charge in [-0.25, -0.2) is 8.78 Å². The number of methoxy groups -OCH3 is 1. The molecule has 0 atom stereocenters. The molecule has 8 heteroatoms. The molecule has 1 amide bonds. The molecule has 2 N–H and O–H groups in total. The van der Waals surface area contributed by atoms with E-state index in [1.807, 2.05) is 0 Å². The number of halogens is 2. The average molecular weight is 376 g/mol. The van der Waals surface area contributed by atoms with Gasteiger partial charge in [-0.2, -0.15) is 0 Å². The van der Waals surface area contributed by atoms with Gasteiger partial charge in [0.1, 0.15) is 11.4 Å². The van der Waals surface area contributed by atoms with Gasteiger partial charge in [0.05, 0.1) is 36.4 Å². The van der Waals surface area contributed by atoms with Gasteiger partial charge in [0, 0.05) is 26.7 Å². The summed E-state index contributed by atoms with van der Waals surface area (Å²) in [5.74, 6) is -1.81. The van der Waals surface area contributed by atoms with Crippen LogP contribution in [0.4, 0.5) is 20.2 Å². The van der Waals surface area contributed by atoms with Crippen LogP contribution in [0, 0.1) is 18.6 Å². The number of likely N-dealkylation sites (tertiary alicyclic amines) is 1. The highest BCUT2D eigenvalue weighted by molar-refractivity contribution is 6.00. The number of benzene rings is 1. The molecule has 0 aliphatic carbocycles. The van der Waals surface area contributed by atoms with Crippen LogP contribution in [0.15, 0.2) is 30.6 Å². The van der Waals surface area contributed by atoms with Gasteiger partial charge in [-0.1, -0.05) is 6.07 Å². The van der Waals surface area contributed by atoms with Crippen molar-refractivity contribution >= 4 is 17.3 Å². The molecule has 1 aromatic carbocycles. The zero-order valence-electron chi connectivity index (χ0n) is 15.3. The molecule has 27 heavy (non-hydrogen) atoms. The number of hydrogen-bond donors (Lipinski definition) is 2. The van der Waals surface area contributed by atoms with Gasteiger partial charge < -0.3 is 15.4 Å². The van der Waals surface area contributed by atoms with E-state index in [9.17, 15) is 13.6 Å². The quantitative estimate of drug-likeness (QED) is 0.777. The maximum atomic E-state index is 14.3. The zero-order valence-corrected chi connectivity index (χ0v) is 15.3. The summed E-state index contributed by atoms with van der Waals surface area (Å²) in [5.41, 5.74) is 0.846. The molecular formula is C19H22F2N4O2. The van der Waals surface area contributed by atoms with Gasteiger partial charge >= 0.3 is 0 Å². The monoisotopic (exact) mass is 376 g/mol.